The normalized spacial score (nSPS) is 33.8. The van der Waals surface area contributed by atoms with Crippen LogP contribution in [0.1, 0.15) is 6.42 Å². The first-order valence-corrected chi connectivity index (χ1v) is 2.64. The molecule has 0 radical (unpaired) electrons. The highest BCUT2D eigenvalue weighted by Gasteiger charge is 2.38. The van der Waals surface area contributed by atoms with Crippen LogP contribution in [0.2, 0.25) is 0 Å². The number of carbonyl (C=O) groups is 2. The van der Waals surface area contributed by atoms with Gasteiger partial charge in [0, 0.05) is 0 Å². The molecule has 3 nitrogen and oxygen atoms in total. The highest BCUT2D eigenvalue weighted by atomic mass is 19.2. The van der Waals surface area contributed by atoms with E-state index in [4.69, 9.17) is 0 Å². The molecule has 2 atom stereocenters. The molecule has 0 bridgehead atoms. The third-order valence-corrected chi connectivity index (χ3v) is 1.12. The molecular formula is C5H4F2O3. The van der Waals surface area contributed by atoms with Gasteiger partial charge in [-0.25, -0.2) is 13.6 Å². The summed E-state index contributed by atoms with van der Waals surface area (Å²) >= 11 is 0. The van der Waals surface area contributed by atoms with E-state index in [1.165, 1.54) is 0 Å². The summed E-state index contributed by atoms with van der Waals surface area (Å²) in [6.45, 7) is 0. The molecule has 2 unspecified atom stereocenters. The summed E-state index contributed by atoms with van der Waals surface area (Å²) in [6.07, 6.45) is -5.00. The lowest BCUT2D eigenvalue weighted by Gasteiger charge is -2.16. The first-order chi connectivity index (χ1) is 4.61. The van der Waals surface area contributed by atoms with Crippen LogP contribution in [0.25, 0.3) is 0 Å². The molecule has 5 heteroatoms. The number of carbonyl (C=O) groups excluding carboxylic acids is 2. The molecule has 1 saturated heterocycles. The summed E-state index contributed by atoms with van der Waals surface area (Å²) in [4.78, 5) is 20.3. The fourth-order valence-corrected chi connectivity index (χ4v) is 0.621. The molecule has 1 fully saturated rings. The van der Waals surface area contributed by atoms with Gasteiger partial charge in [-0.15, -0.1) is 0 Å². The molecule has 1 aliphatic heterocycles. The number of rotatable bonds is 0. The lowest BCUT2D eigenvalue weighted by atomic mass is 10.1. The Balaban J connectivity index is 2.66. The minimum Gasteiger partial charge on any atom is -0.391 e. The van der Waals surface area contributed by atoms with E-state index in [0.29, 0.717) is 0 Å². The lowest BCUT2D eigenvalue weighted by Crippen LogP contribution is -2.38. The van der Waals surface area contributed by atoms with Gasteiger partial charge in [0.1, 0.15) is 0 Å². The number of hydrogen-bond acceptors (Lipinski definition) is 3. The molecule has 1 aliphatic rings. The zero-order valence-corrected chi connectivity index (χ0v) is 4.84. The van der Waals surface area contributed by atoms with Crippen LogP contribution in [0.4, 0.5) is 8.78 Å². The molecule has 0 saturated carbocycles. The van der Waals surface area contributed by atoms with Crippen molar-refractivity contribution in [2.24, 2.45) is 0 Å². The molecule has 0 aromatic carbocycles. The first kappa shape index (κ1) is 7.11. The van der Waals surface area contributed by atoms with Crippen LogP contribution >= 0.6 is 0 Å². The Bertz CT molecular complexity index is 180. The van der Waals surface area contributed by atoms with Gasteiger partial charge in [-0.05, 0) is 0 Å². The number of cyclic esters (lactones) is 2. The number of halogens is 2. The maximum atomic E-state index is 12.2. The summed E-state index contributed by atoms with van der Waals surface area (Å²) in [7, 11) is 0. The Labute approximate surface area is 55.0 Å². The average Bonchev–Trinajstić information content (AvgIpc) is 1.82. The molecule has 1 heterocycles. The van der Waals surface area contributed by atoms with E-state index in [2.05, 4.69) is 4.74 Å². The molecule has 56 valence electrons. The Kier molecular flexibility index (Phi) is 1.65. The highest BCUT2D eigenvalue weighted by molar-refractivity contribution is 5.91. The van der Waals surface area contributed by atoms with Gasteiger partial charge in [0.15, 0.2) is 6.17 Å². The van der Waals surface area contributed by atoms with Crippen LogP contribution < -0.4 is 0 Å². The smallest absolute Gasteiger partial charge is 0.351 e. The van der Waals surface area contributed by atoms with Gasteiger partial charge in [-0.3, -0.25) is 4.79 Å². The van der Waals surface area contributed by atoms with Gasteiger partial charge in [-0.1, -0.05) is 0 Å². The fraction of sp³-hybridized carbons (Fsp3) is 0.600. The van der Waals surface area contributed by atoms with E-state index in [9.17, 15) is 18.4 Å². The van der Waals surface area contributed by atoms with Crippen molar-refractivity contribution >= 4 is 11.9 Å². The zero-order chi connectivity index (χ0) is 7.72. The SMILES string of the molecule is O=C1CC(F)C(F)C(=O)O1. The Morgan fingerprint density at radius 1 is 1.40 bits per heavy atom. The molecule has 0 spiro atoms. The van der Waals surface area contributed by atoms with E-state index in [1.807, 2.05) is 0 Å². The maximum absolute atomic E-state index is 12.2. The van der Waals surface area contributed by atoms with Gasteiger partial charge in [0.25, 0.3) is 0 Å². The van der Waals surface area contributed by atoms with E-state index in [1.54, 1.807) is 0 Å². The molecule has 0 aromatic rings. The largest absolute Gasteiger partial charge is 0.391 e. The van der Waals surface area contributed by atoms with Crippen molar-refractivity contribution in [3.05, 3.63) is 0 Å². The van der Waals surface area contributed by atoms with Crippen LogP contribution in [0.3, 0.4) is 0 Å². The van der Waals surface area contributed by atoms with Crippen molar-refractivity contribution in [3.8, 4) is 0 Å². The summed E-state index contributed by atoms with van der Waals surface area (Å²) < 4.78 is 28.1. The second-order valence-corrected chi connectivity index (χ2v) is 1.91. The monoisotopic (exact) mass is 150 g/mol. The van der Waals surface area contributed by atoms with Crippen LogP contribution in [0.5, 0.6) is 0 Å². The second kappa shape index (κ2) is 2.32. The zero-order valence-electron chi connectivity index (χ0n) is 4.84. The quantitative estimate of drug-likeness (QED) is 0.364. The minimum absolute atomic E-state index is 0.674. The van der Waals surface area contributed by atoms with Crippen LogP contribution in [0, 0.1) is 0 Å². The lowest BCUT2D eigenvalue weighted by molar-refractivity contribution is -0.172. The van der Waals surface area contributed by atoms with Crippen molar-refractivity contribution in [2.45, 2.75) is 18.8 Å². The predicted octanol–water partition coefficient (Wildman–Crippen LogP) is 0.136. The van der Waals surface area contributed by atoms with E-state index in [-0.39, 0.29) is 0 Å². The predicted molar refractivity (Wildman–Crippen MR) is 25.5 cm³/mol. The molecule has 10 heavy (non-hydrogen) atoms. The van der Waals surface area contributed by atoms with Crippen LogP contribution in [0.15, 0.2) is 0 Å². The third-order valence-electron chi connectivity index (χ3n) is 1.12. The minimum atomic E-state index is -2.29. The highest BCUT2D eigenvalue weighted by Crippen LogP contribution is 2.16. The summed E-state index contributed by atoms with van der Waals surface area (Å²) in [5, 5.41) is 0. The maximum Gasteiger partial charge on any atom is 0.351 e. The van der Waals surface area contributed by atoms with Gasteiger partial charge in [0.2, 0.25) is 6.17 Å². The van der Waals surface area contributed by atoms with E-state index in [0.717, 1.165) is 0 Å². The van der Waals surface area contributed by atoms with Crippen molar-refractivity contribution < 1.29 is 23.1 Å². The van der Waals surface area contributed by atoms with E-state index >= 15 is 0 Å². The van der Waals surface area contributed by atoms with Gasteiger partial charge in [-0.2, -0.15) is 0 Å². The second-order valence-electron chi connectivity index (χ2n) is 1.91. The van der Waals surface area contributed by atoms with Crippen molar-refractivity contribution in [1.29, 1.82) is 0 Å². The average molecular weight is 150 g/mol. The Morgan fingerprint density at radius 3 is 2.50 bits per heavy atom. The first-order valence-electron chi connectivity index (χ1n) is 2.64. The Morgan fingerprint density at radius 2 is 2.00 bits per heavy atom. The van der Waals surface area contributed by atoms with Gasteiger partial charge < -0.3 is 4.74 Å². The molecule has 0 aromatic heterocycles. The molecule has 0 amide bonds. The number of ether oxygens (including phenoxy) is 1. The standard InChI is InChI=1S/C5H4F2O3/c6-2-1-3(8)10-5(9)4(2)7/h2,4H,1H2. The number of esters is 2. The summed E-state index contributed by atoms with van der Waals surface area (Å²) in [6, 6.07) is 0. The molecule has 1 rings (SSSR count). The molecule has 0 aliphatic carbocycles. The van der Waals surface area contributed by atoms with Crippen molar-refractivity contribution in [3.63, 3.8) is 0 Å². The topological polar surface area (TPSA) is 43.4 Å². The fourth-order valence-electron chi connectivity index (χ4n) is 0.621. The van der Waals surface area contributed by atoms with Crippen LogP contribution in [-0.4, -0.2) is 24.3 Å². The van der Waals surface area contributed by atoms with Crippen molar-refractivity contribution in [2.75, 3.05) is 0 Å². The van der Waals surface area contributed by atoms with Gasteiger partial charge in [0.05, 0.1) is 6.42 Å². The van der Waals surface area contributed by atoms with Crippen molar-refractivity contribution in [1.82, 2.24) is 0 Å². The Hall–Kier alpha value is -1.00. The van der Waals surface area contributed by atoms with E-state index < -0.39 is 30.7 Å². The molecule has 0 N–H and O–H groups in total. The number of alkyl halides is 2. The summed E-state index contributed by atoms with van der Waals surface area (Å²) in [5.74, 6) is -2.44. The van der Waals surface area contributed by atoms with Gasteiger partial charge >= 0.3 is 11.9 Å². The summed E-state index contributed by atoms with van der Waals surface area (Å²) in [5.41, 5.74) is 0. The molecular weight excluding hydrogens is 146 g/mol. The third kappa shape index (κ3) is 1.12. The van der Waals surface area contributed by atoms with Crippen LogP contribution in [-0.2, 0) is 14.3 Å². The number of hydrogen-bond donors (Lipinski definition) is 0.